The van der Waals surface area contributed by atoms with Crippen molar-refractivity contribution in [3.63, 3.8) is 0 Å². The molecule has 2 heteroatoms. The van der Waals surface area contributed by atoms with Crippen molar-refractivity contribution in [3.05, 3.63) is 54.5 Å². The number of nitrogens with one attached hydrogen (secondary N) is 1. The zero-order chi connectivity index (χ0) is 9.15. The number of rotatable bonds is 1. The number of nitrogens with zero attached hydrogens (tertiary/aromatic N) is 1. The lowest BCUT2D eigenvalue weighted by molar-refractivity contribution is 0.523. The van der Waals surface area contributed by atoms with E-state index in [0.29, 0.717) is 0 Å². The molecule has 2 nitrogen and oxygen atoms in total. The first-order chi connectivity index (χ1) is 6.31. The molecule has 0 aromatic carbocycles. The number of pyridine rings is 1. The van der Waals surface area contributed by atoms with Gasteiger partial charge in [0.1, 0.15) is 0 Å². The van der Waals surface area contributed by atoms with Crippen molar-refractivity contribution in [3.8, 4) is 0 Å². The van der Waals surface area contributed by atoms with Crippen LogP contribution < -0.4 is 5.32 Å². The lowest BCUT2D eigenvalue weighted by atomic mass is 9.91. The summed E-state index contributed by atoms with van der Waals surface area (Å²) in [5.74, 6) is 0. The van der Waals surface area contributed by atoms with Gasteiger partial charge < -0.3 is 5.32 Å². The van der Waals surface area contributed by atoms with Crippen LogP contribution >= 0.6 is 0 Å². The highest BCUT2D eigenvalue weighted by Crippen LogP contribution is 2.23. The highest BCUT2D eigenvalue weighted by molar-refractivity contribution is 5.31. The molecule has 0 amide bonds. The van der Waals surface area contributed by atoms with Gasteiger partial charge in [-0.05, 0) is 36.9 Å². The van der Waals surface area contributed by atoms with E-state index in [2.05, 4.69) is 29.4 Å². The second kappa shape index (κ2) is 3.05. The Morgan fingerprint density at radius 1 is 1.23 bits per heavy atom. The van der Waals surface area contributed by atoms with Crippen LogP contribution in [0.15, 0.2) is 49.0 Å². The van der Waals surface area contributed by atoms with Crippen molar-refractivity contribution in [2.75, 3.05) is 0 Å². The van der Waals surface area contributed by atoms with Gasteiger partial charge >= 0.3 is 0 Å². The third kappa shape index (κ3) is 1.47. The predicted molar refractivity (Wildman–Crippen MR) is 53.0 cm³/mol. The minimum Gasteiger partial charge on any atom is -0.378 e. The van der Waals surface area contributed by atoms with E-state index in [1.165, 1.54) is 5.56 Å². The molecule has 0 spiro atoms. The molecule has 1 aliphatic rings. The fraction of sp³-hybridized carbons (Fsp3) is 0.182. The van der Waals surface area contributed by atoms with Crippen LogP contribution in [0.3, 0.4) is 0 Å². The van der Waals surface area contributed by atoms with Crippen LogP contribution in [0.25, 0.3) is 0 Å². The van der Waals surface area contributed by atoms with Crippen molar-refractivity contribution in [1.82, 2.24) is 10.3 Å². The number of aromatic nitrogens is 1. The fourth-order valence-corrected chi connectivity index (χ4v) is 1.45. The van der Waals surface area contributed by atoms with E-state index in [9.17, 15) is 0 Å². The van der Waals surface area contributed by atoms with Crippen molar-refractivity contribution in [2.45, 2.75) is 12.5 Å². The number of dihydropyridines is 1. The maximum atomic E-state index is 4.00. The molecule has 0 aliphatic carbocycles. The molecule has 0 saturated heterocycles. The van der Waals surface area contributed by atoms with Gasteiger partial charge in [-0.2, -0.15) is 0 Å². The standard InChI is InChI=1S/C11H12N2/c1-11(6-2-3-7-13-11)10-4-8-12-9-5-10/h2-9,13H,1H3. The molecule has 13 heavy (non-hydrogen) atoms. The van der Waals surface area contributed by atoms with Gasteiger partial charge in [0.15, 0.2) is 0 Å². The number of allylic oxidation sites excluding steroid dienone is 2. The summed E-state index contributed by atoms with van der Waals surface area (Å²) in [6.07, 6.45) is 11.8. The normalized spacial score (nSPS) is 25.6. The van der Waals surface area contributed by atoms with Crippen LogP contribution in [0.2, 0.25) is 0 Å². The van der Waals surface area contributed by atoms with Gasteiger partial charge in [-0.25, -0.2) is 0 Å². The van der Waals surface area contributed by atoms with E-state index in [1.54, 1.807) is 0 Å². The Bertz CT molecular complexity index is 340. The van der Waals surface area contributed by atoms with Gasteiger partial charge in [0.05, 0.1) is 5.54 Å². The van der Waals surface area contributed by atoms with E-state index in [0.717, 1.165) is 0 Å². The Labute approximate surface area is 78.0 Å². The molecule has 1 aromatic heterocycles. The second-order valence-electron chi connectivity index (χ2n) is 3.30. The Kier molecular flexibility index (Phi) is 1.89. The molecular weight excluding hydrogens is 160 g/mol. The Morgan fingerprint density at radius 3 is 2.62 bits per heavy atom. The first kappa shape index (κ1) is 8.05. The van der Waals surface area contributed by atoms with E-state index < -0.39 is 0 Å². The summed E-state index contributed by atoms with van der Waals surface area (Å²) >= 11 is 0. The van der Waals surface area contributed by atoms with Crippen LogP contribution in [0.4, 0.5) is 0 Å². The topological polar surface area (TPSA) is 24.9 Å². The van der Waals surface area contributed by atoms with E-state index in [-0.39, 0.29) is 5.54 Å². The van der Waals surface area contributed by atoms with Gasteiger partial charge in [0, 0.05) is 12.4 Å². The Morgan fingerprint density at radius 2 is 2.00 bits per heavy atom. The third-order valence-corrected chi connectivity index (χ3v) is 2.30. The Balaban J connectivity index is 2.35. The molecule has 1 aromatic rings. The lowest BCUT2D eigenvalue weighted by Gasteiger charge is -2.28. The lowest BCUT2D eigenvalue weighted by Crippen LogP contribution is -2.35. The average molecular weight is 172 g/mol. The molecule has 0 bridgehead atoms. The summed E-state index contributed by atoms with van der Waals surface area (Å²) in [7, 11) is 0. The van der Waals surface area contributed by atoms with E-state index in [1.807, 2.05) is 36.8 Å². The van der Waals surface area contributed by atoms with Gasteiger partial charge in [-0.3, -0.25) is 4.98 Å². The van der Waals surface area contributed by atoms with Crippen LogP contribution in [-0.4, -0.2) is 4.98 Å². The first-order valence-electron chi connectivity index (χ1n) is 4.34. The summed E-state index contributed by atoms with van der Waals surface area (Å²) in [5.41, 5.74) is 1.14. The molecule has 1 aliphatic heterocycles. The maximum absolute atomic E-state index is 4.00. The van der Waals surface area contributed by atoms with Crippen LogP contribution in [-0.2, 0) is 5.54 Å². The highest BCUT2D eigenvalue weighted by Gasteiger charge is 2.21. The molecule has 2 rings (SSSR count). The zero-order valence-corrected chi connectivity index (χ0v) is 7.57. The minimum atomic E-state index is -0.0856. The second-order valence-corrected chi connectivity index (χ2v) is 3.30. The summed E-state index contributed by atoms with van der Waals surface area (Å²) in [5, 5.41) is 3.32. The van der Waals surface area contributed by atoms with Crippen molar-refractivity contribution in [2.24, 2.45) is 0 Å². The third-order valence-electron chi connectivity index (χ3n) is 2.30. The molecule has 0 fully saturated rings. The van der Waals surface area contributed by atoms with Crippen LogP contribution in [0.1, 0.15) is 12.5 Å². The number of hydrogen-bond donors (Lipinski definition) is 1. The van der Waals surface area contributed by atoms with Crippen molar-refractivity contribution < 1.29 is 0 Å². The fourth-order valence-electron chi connectivity index (χ4n) is 1.45. The van der Waals surface area contributed by atoms with E-state index in [4.69, 9.17) is 0 Å². The van der Waals surface area contributed by atoms with Crippen LogP contribution in [0.5, 0.6) is 0 Å². The predicted octanol–water partition coefficient (Wildman–Crippen LogP) is 1.97. The first-order valence-corrected chi connectivity index (χ1v) is 4.34. The Hall–Kier alpha value is -1.57. The summed E-state index contributed by atoms with van der Waals surface area (Å²) < 4.78 is 0. The monoisotopic (exact) mass is 172 g/mol. The van der Waals surface area contributed by atoms with Gasteiger partial charge in [-0.1, -0.05) is 12.2 Å². The van der Waals surface area contributed by atoms with Gasteiger partial charge in [0.2, 0.25) is 0 Å². The van der Waals surface area contributed by atoms with Gasteiger partial charge in [0.25, 0.3) is 0 Å². The van der Waals surface area contributed by atoms with Gasteiger partial charge in [-0.15, -0.1) is 0 Å². The average Bonchev–Trinajstić information content (AvgIpc) is 2.20. The maximum Gasteiger partial charge on any atom is 0.0780 e. The molecule has 0 saturated carbocycles. The minimum absolute atomic E-state index is 0.0856. The molecule has 1 N–H and O–H groups in total. The largest absolute Gasteiger partial charge is 0.378 e. The van der Waals surface area contributed by atoms with Crippen molar-refractivity contribution >= 4 is 0 Å². The quantitative estimate of drug-likeness (QED) is 0.700. The summed E-state index contributed by atoms with van der Waals surface area (Å²) in [4.78, 5) is 4.00. The summed E-state index contributed by atoms with van der Waals surface area (Å²) in [6.45, 7) is 2.14. The smallest absolute Gasteiger partial charge is 0.0780 e. The molecule has 1 unspecified atom stereocenters. The number of hydrogen-bond acceptors (Lipinski definition) is 2. The van der Waals surface area contributed by atoms with Crippen molar-refractivity contribution in [1.29, 1.82) is 0 Å². The zero-order valence-electron chi connectivity index (χ0n) is 7.57. The molecule has 66 valence electrons. The molecule has 1 atom stereocenters. The van der Waals surface area contributed by atoms with Crippen LogP contribution in [0, 0.1) is 0 Å². The molecule has 0 radical (unpaired) electrons. The molecular formula is C11H12N2. The highest BCUT2D eigenvalue weighted by atomic mass is 14.9. The molecule has 2 heterocycles. The van der Waals surface area contributed by atoms with E-state index >= 15 is 0 Å². The SMILES string of the molecule is CC1(c2ccncc2)C=CC=CN1. The summed E-state index contributed by atoms with van der Waals surface area (Å²) in [6, 6.07) is 4.05.